The monoisotopic (exact) mass is 231 g/mol. The Morgan fingerprint density at radius 3 is 2.56 bits per heavy atom. The molecule has 0 aromatic heterocycles. The van der Waals surface area contributed by atoms with Crippen LogP contribution in [0.2, 0.25) is 5.02 Å². The van der Waals surface area contributed by atoms with Crippen molar-refractivity contribution in [2.75, 3.05) is 0 Å². The average molecular weight is 232 g/mol. The molecule has 0 aliphatic carbocycles. The standard InChI is InChI=1S/C14H12ClO/c1-2-11-10-13(8-9-14(11)15)16-12-6-4-3-5-7-12/h4-10H,2H2,1H3. The molecule has 1 radical (unpaired) electrons. The van der Waals surface area contributed by atoms with Crippen molar-refractivity contribution in [3.05, 3.63) is 59.1 Å². The van der Waals surface area contributed by atoms with Crippen molar-refractivity contribution < 1.29 is 4.74 Å². The van der Waals surface area contributed by atoms with E-state index in [0.29, 0.717) is 0 Å². The molecule has 0 atom stereocenters. The molecular weight excluding hydrogens is 220 g/mol. The number of rotatable bonds is 3. The number of benzene rings is 2. The summed E-state index contributed by atoms with van der Waals surface area (Å²) in [6.07, 6.45) is 0.901. The van der Waals surface area contributed by atoms with Crippen LogP contribution in [0.15, 0.2) is 42.5 Å². The minimum atomic E-state index is 0.788. The molecule has 2 rings (SSSR count). The summed E-state index contributed by atoms with van der Waals surface area (Å²) < 4.78 is 5.70. The maximum Gasteiger partial charge on any atom is 0.127 e. The highest BCUT2D eigenvalue weighted by Crippen LogP contribution is 2.26. The lowest BCUT2D eigenvalue weighted by Gasteiger charge is -2.07. The maximum atomic E-state index is 6.04. The van der Waals surface area contributed by atoms with Crippen LogP contribution < -0.4 is 4.74 Å². The first-order chi connectivity index (χ1) is 7.79. The Kier molecular flexibility index (Phi) is 3.47. The third-order valence-electron chi connectivity index (χ3n) is 2.32. The molecular formula is C14H12ClO. The summed E-state index contributed by atoms with van der Waals surface area (Å²) >= 11 is 6.04. The molecule has 1 nitrogen and oxygen atoms in total. The van der Waals surface area contributed by atoms with Gasteiger partial charge in [0.05, 0.1) is 0 Å². The largest absolute Gasteiger partial charge is 0.457 e. The molecule has 16 heavy (non-hydrogen) atoms. The van der Waals surface area contributed by atoms with Crippen LogP contribution in [0.5, 0.6) is 11.5 Å². The van der Waals surface area contributed by atoms with Gasteiger partial charge in [0.15, 0.2) is 0 Å². The minimum absolute atomic E-state index is 0.788. The van der Waals surface area contributed by atoms with Gasteiger partial charge in [-0.05, 0) is 48.4 Å². The molecule has 0 spiro atoms. The fraction of sp³-hybridized carbons (Fsp3) is 0.143. The fourth-order valence-corrected chi connectivity index (χ4v) is 1.71. The maximum absolute atomic E-state index is 6.04. The molecule has 2 heteroatoms. The number of aryl methyl sites for hydroxylation is 1. The van der Waals surface area contributed by atoms with Gasteiger partial charge in [0, 0.05) is 5.02 Å². The zero-order valence-electron chi connectivity index (χ0n) is 9.03. The molecule has 0 aliphatic rings. The first-order valence-electron chi connectivity index (χ1n) is 5.22. The number of ether oxygens (including phenoxy) is 1. The molecule has 0 bridgehead atoms. The lowest BCUT2D eigenvalue weighted by Crippen LogP contribution is -1.87. The second-order valence-electron chi connectivity index (χ2n) is 3.44. The van der Waals surface area contributed by atoms with Gasteiger partial charge in [0.25, 0.3) is 0 Å². The predicted molar refractivity (Wildman–Crippen MR) is 66.2 cm³/mol. The lowest BCUT2D eigenvalue weighted by atomic mass is 10.1. The van der Waals surface area contributed by atoms with E-state index in [1.54, 1.807) is 0 Å². The van der Waals surface area contributed by atoms with E-state index in [0.717, 1.165) is 28.5 Å². The van der Waals surface area contributed by atoms with Gasteiger partial charge in [-0.25, -0.2) is 0 Å². The first kappa shape index (κ1) is 11.0. The highest BCUT2D eigenvalue weighted by Gasteiger charge is 2.01. The van der Waals surface area contributed by atoms with Crippen LogP contribution in [0.3, 0.4) is 0 Å². The molecule has 0 aliphatic heterocycles. The van der Waals surface area contributed by atoms with Crippen LogP contribution in [0.4, 0.5) is 0 Å². The average Bonchev–Trinajstić information content (AvgIpc) is 2.33. The number of hydrogen-bond acceptors (Lipinski definition) is 1. The molecule has 0 saturated heterocycles. The van der Waals surface area contributed by atoms with E-state index < -0.39 is 0 Å². The van der Waals surface area contributed by atoms with Gasteiger partial charge < -0.3 is 4.74 Å². The van der Waals surface area contributed by atoms with Crippen LogP contribution in [0, 0.1) is 6.07 Å². The van der Waals surface area contributed by atoms with Gasteiger partial charge in [-0.15, -0.1) is 0 Å². The second kappa shape index (κ2) is 5.04. The Bertz CT molecular complexity index is 465. The van der Waals surface area contributed by atoms with Crippen molar-refractivity contribution in [3.63, 3.8) is 0 Å². The molecule has 2 aromatic carbocycles. The smallest absolute Gasteiger partial charge is 0.127 e. The summed E-state index contributed by atoms with van der Waals surface area (Å²) in [4.78, 5) is 0. The van der Waals surface area contributed by atoms with E-state index in [-0.39, 0.29) is 0 Å². The topological polar surface area (TPSA) is 9.23 Å². The molecule has 0 saturated carbocycles. The third kappa shape index (κ3) is 2.56. The molecule has 81 valence electrons. The van der Waals surface area contributed by atoms with E-state index in [9.17, 15) is 0 Å². The quantitative estimate of drug-likeness (QED) is 0.756. The third-order valence-corrected chi connectivity index (χ3v) is 2.69. The number of halogens is 1. The Morgan fingerprint density at radius 2 is 1.88 bits per heavy atom. The minimum Gasteiger partial charge on any atom is -0.457 e. The van der Waals surface area contributed by atoms with Crippen molar-refractivity contribution in [1.82, 2.24) is 0 Å². The van der Waals surface area contributed by atoms with E-state index in [2.05, 4.69) is 13.0 Å². The van der Waals surface area contributed by atoms with Gasteiger partial charge >= 0.3 is 0 Å². The molecule has 0 unspecified atom stereocenters. The van der Waals surface area contributed by atoms with E-state index >= 15 is 0 Å². The zero-order chi connectivity index (χ0) is 11.4. The Hall–Kier alpha value is -1.47. The molecule has 0 N–H and O–H groups in total. The summed E-state index contributed by atoms with van der Waals surface area (Å²) in [7, 11) is 0. The van der Waals surface area contributed by atoms with Gasteiger partial charge in [-0.2, -0.15) is 0 Å². The van der Waals surface area contributed by atoms with Gasteiger partial charge in [-0.3, -0.25) is 0 Å². The zero-order valence-corrected chi connectivity index (χ0v) is 9.79. The molecule has 0 amide bonds. The van der Waals surface area contributed by atoms with E-state index in [4.69, 9.17) is 16.3 Å². The second-order valence-corrected chi connectivity index (χ2v) is 3.85. The lowest BCUT2D eigenvalue weighted by molar-refractivity contribution is 0.482. The van der Waals surface area contributed by atoms with Crippen LogP contribution >= 0.6 is 11.6 Å². The SMILES string of the molecule is CCc1cc(Oc2cc[c]cc2)ccc1Cl. The van der Waals surface area contributed by atoms with Gasteiger partial charge in [0.1, 0.15) is 11.5 Å². The van der Waals surface area contributed by atoms with Gasteiger partial charge in [-0.1, -0.05) is 30.7 Å². The Morgan fingerprint density at radius 1 is 1.12 bits per heavy atom. The van der Waals surface area contributed by atoms with Crippen molar-refractivity contribution >= 4 is 11.6 Å². The van der Waals surface area contributed by atoms with Crippen molar-refractivity contribution in [2.24, 2.45) is 0 Å². The summed E-state index contributed by atoms with van der Waals surface area (Å²) in [5.74, 6) is 1.62. The van der Waals surface area contributed by atoms with Crippen LogP contribution in [0.25, 0.3) is 0 Å². The molecule has 0 fully saturated rings. The van der Waals surface area contributed by atoms with Gasteiger partial charge in [0.2, 0.25) is 0 Å². The van der Waals surface area contributed by atoms with Crippen LogP contribution in [0.1, 0.15) is 12.5 Å². The fourth-order valence-electron chi connectivity index (χ4n) is 1.46. The summed E-state index contributed by atoms with van der Waals surface area (Å²) in [6.45, 7) is 2.07. The Labute approximate surface area is 101 Å². The first-order valence-corrected chi connectivity index (χ1v) is 5.60. The normalized spacial score (nSPS) is 10.1. The summed E-state index contributed by atoms with van der Waals surface area (Å²) in [6, 6.07) is 16.1. The van der Waals surface area contributed by atoms with Crippen molar-refractivity contribution in [1.29, 1.82) is 0 Å². The highest BCUT2D eigenvalue weighted by atomic mass is 35.5. The Balaban J connectivity index is 2.22. The number of hydrogen-bond donors (Lipinski definition) is 0. The van der Waals surface area contributed by atoms with E-state index in [1.165, 1.54) is 0 Å². The van der Waals surface area contributed by atoms with Crippen molar-refractivity contribution in [2.45, 2.75) is 13.3 Å². The van der Waals surface area contributed by atoms with Crippen LogP contribution in [-0.2, 0) is 6.42 Å². The molecule has 0 heterocycles. The summed E-state index contributed by atoms with van der Waals surface area (Å²) in [5.41, 5.74) is 1.10. The molecule has 2 aromatic rings. The highest BCUT2D eigenvalue weighted by molar-refractivity contribution is 6.31. The summed E-state index contributed by atoms with van der Waals surface area (Å²) in [5, 5.41) is 0.788. The van der Waals surface area contributed by atoms with Crippen LogP contribution in [-0.4, -0.2) is 0 Å². The predicted octanol–water partition coefficient (Wildman–Crippen LogP) is 4.49. The van der Waals surface area contributed by atoms with Crippen molar-refractivity contribution in [3.8, 4) is 11.5 Å². The van der Waals surface area contributed by atoms with E-state index in [1.807, 2.05) is 42.5 Å².